The maximum Gasteiger partial charge on any atom is 0.336 e. The Morgan fingerprint density at radius 3 is 2.15 bits per heavy atom. The van der Waals surface area contributed by atoms with Crippen LogP contribution in [0.3, 0.4) is 0 Å². The van der Waals surface area contributed by atoms with Gasteiger partial charge in [0.2, 0.25) is 15.9 Å². The number of hydrogen-bond donors (Lipinski definition) is 4. The molecule has 144 valence electrons. The standard InChI is InChI=1S/C16H17ClN4O4S2/c1-10(22)18-11-3-6-13(7-4-11)21(26)16(23)19-12-5-8-15(14(17)9-12)20-27(2,24)25/h3-9,20,26H,1-2H3,(H,18,22)(H,19,23). The summed E-state index contributed by atoms with van der Waals surface area (Å²) in [5.74, 6) is -0.200. The molecule has 0 bridgehead atoms. The first-order valence-electron chi connectivity index (χ1n) is 7.50. The van der Waals surface area contributed by atoms with Gasteiger partial charge in [0, 0.05) is 18.3 Å². The molecule has 0 aromatic heterocycles. The fourth-order valence-corrected chi connectivity index (χ4v) is 3.10. The monoisotopic (exact) mass is 428 g/mol. The van der Waals surface area contributed by atoms with Gasteiger partial charge in [-0.25, -0.2) is 17.5 Å². The predicted molar refractivity (Wildman–Crippen MR) is 111 cm³/mol. The normalized spacial score (nSPS) is 10.8. The van der Waals surface area contributed by atoms with Gasteiger partial charge < -0.3 is 10.6 Å². The maximum atomic E-state index is 12.3. The lowest BCUT2D eigenvalue weighted by molar-refractivity contribution is -0.114. The van der Waals surface area contributed by atoms with E-state index in [2.05, 4.69) is 28.2 Å². The number of nitrogens with one attached hydrogen (secondary N) is 3. The van der Waals surface area contributed by atoms with Crippen molar-refractivity contribution in [1.29, 1.82) is 0 Å². The second kappa shape index (κ2) is 8.51. The molecule has 0 aliphatic rings. The third-order valence-electron chi connectivity index (χ3n) is 3.14. The van der Waals surface area contributed by atoms with Crippen molar-refractivity contribution >= 4 is 69.1 Å². The van der Waals surface area contributed by atoms with Crippen LogP contribution in [0.15, 0.2) is 42.5 Å². The van der Waals surface area contributed by atoms with Gasteiger partial charge in [-0.1, -0.05) is 24.4 Å². The van der Waals surface area contributed by atoms with Gasteiger partial charge in [0.25, 0.3) is 0 Å². The van der Waals surface area contributed by atoms with Crippen molar-refractivity contribution in [2.24, 2.45) is 0 Å². The van der Waals surface area contributed by atoms with E-state index < -0.39 is 16.1 Å². The summed E-state index contributed by atoms with van der Waals surface area (Å²) >= 11 is 10.2. The van der Waals surface area contributed by atoms with E-state index in [-0.39, 0.29) is 16.6 Å². The van der Waals surface area contributed by atoms with Crippen LogP contribution in [0, 0.1) is 0 Å². The van der Waals surface area contributed by atoms with Gasteiger partial charge in [-0.15, -0.1) is 0 Å². The topological polar surface area (TPSA) is 108 Å². The molecule has 2 aromatic rings. The Morgan fingerprint density at radius 1 is 1.04 bits per heavy atom. The Kier molecular flexibility index (Phi) is 6.58. The number of benzene rings is 2. The number of carbonyl (C=O) groups is 2. The molecule has 0 heterocycles. The summed E-state index contributed by atoms with van der Waals surface area (Å²) in [7, 11) is -3.46. The van der Waals surface area contributed by atoms with Crippen molar-refractivity contribution in [3.8, 4) is 0 Å². The fourth-order valence-electron chi connectivity index (χ4n) is 2.06. The van der Waals surface area contributed by atoms with E-state index in [0.717, 1.165) is 10.6 Å². The molecule has 0 unspecified atom stereocenters. The number of urea groups is 1. The number of carbonyl (C=O) groups excluding carboxylic acids is 2. The highest BCUT2D eigenvalue weighted by Crippen LogP contribution is 2.27. The molecule has 0 radical (unpaired) electrons. The third kappa shape index (κ3) is 6.35. The lowest BCUT2D eigenvalue weighted by Gasteiger charge is -2.17. The molecule has 0 aliphatic heterocycles. The van der Waals surface area contributed by atoms with Crippen molar-refractivity contribution in [2.75, 3.05) is 25.9 Å². The highest BCUT2D eigenvalue weighted by molar-refractivity contribution is 7.92. The fraction of sp³-hybridized carbons (Fsp3) is 0.125. The Morgan fingerprint density at radius 2 is 1.63 bits per heavy atom. The van der Waals surface area contributed by atoms with Gasteiger partial charge >= 0.3 is 6.03 Å². The van der Waals surface area contributed by atoms with Crippen LogP contribution >= 0.6 is 24.4 Å². The first-order chi connectivity index (χ1) is 12.5. The van der Waals surface area contributed by atoms with Crippen LogP contribution < -0.4 is 19.7 Å². The number of hydrogen-bond acceptors (Lipinski definition) is 5. The maximum absolute atomic E-state index is 12.3. The van der Waals surface area contributed by atoms with Gasteiger partial charge in [-0.3, -0.25) is 9.52 Å². The van der Waals surface area contributed by atoms with Crippen molar-refractivity contribution in [2.45, 2.75) is 6.92 Å². The van der Waals surface area contributed by atoms with E-state index in [1.165, 1.54) is 25.1 Å². The van der Waals surface area contributed by atoms with Crippen LogP contribution in [0.1, 0.15) is 6.92 Å². The average Bonchev–Trinajstić information content (AvgIpc) is 2.56. The summed E-state index contributed by atoms with van der Waals surface area (Å²) in [5.41, 5.74) is 1.63. The van der Waals surface area contributed by atoms with Crippen LogP contribution in [0.5, 0.6) is 0 Å². The first kappa shape index (κ1) is 20.9. The number of anilines is 4. The van der Waals surface area contributed by atoms with Crippen LogP contribution in [-0.4, -0.2) is 26.6 Å². The van der Waals surface area contributed by atoms with E-state index in [1.54, 1.807) is 24.3 Å². The molecule has 0 saturated carbocycles. The van der Waals surface area contributed by atoms with Gasteiger partial charge in [-0.05, 0) is 42.5 Å². The highest BCUT2D eigenvalue weighted by atomic mass is 35.5. The first-order valence-corrected chi connectivity index (χ1v) is 10.2. The largest absolute Gasteiger partial charge is 0.336 e. The molecule has 11 heteroatoms. The molecule has 8 nitrogen and oxygen atoms in total. The summed E-state index contributed by atoms with van der Waals surface area (Å²) in [5, 5.41) is 5.35. The highest BCUT2D eigenvalue weighted by Gasteiger charge is 2.14. The Labute approximate surface area is 167 Å². The molecule has 0 fully saturated rings. The molecule has 2 aromatic carbocycles. The van der Waals surface area contributed by atoms with Gasteiger partial charge in [0.15, 0.2) is 0 Å². The molecule has 0 saturated heterocycles. The zero-order valence-corrected chi connectivity index (χ0v) is 16.8. The van der Waals surface area contributed by atoms with Crippen molar-refractivity contribution < 1.29 is 18.0 Å². The Bertz CT molecular complexity index is 965. The van der Waals surface area contributed by atoms with E-state index in [4.69, 9.17) is 11.6 Å². The number of rotatable bonds is 5. The van der Waals surface area contributed by atoms with E-state index >= 15 is 0 Å². The second-order valence-corrected chi connectivity index (χ2v) is 8.09. The number of sulfonamides is 1. The summed E-state index contributed by atoms with van der Waals surface area (Å²) in [6.07, 6.45) is 1.01. The zero-order valence-electron chi connectivity index (χ0n) is 14.4. The SMILES string of the molecule is CC(=O)Nc1ccc(N(S)C(=O)Nc2ccc(NS(C)(=O)=O)c(Cl)c2)cc1. The molecular weight excluding hydrogens is 412 g/mol. The number of thiol groups is 1. The van der Waals surface area contributed by atoms with Crippen molar-refractivity contribution in [3.05, 3.63) is 47.5 Å². The van der Waals surface area contributed by atoms with Gasteiger partial charge in [0.1, 0.15) is 0 Å². The van der Waals surface area contributed by atoms with Crippen LogP contribution in [0.4, 0.5) is 27.5 Å². The molecule has 27 heavy (non-hydrogen) atoms. The molecule has 2 rings (SSSR count). The van der Waals surface area contributed by atoms with Crippen molar-refractivity contribution in [1.82, 2.24) is 0 Å². The molecule has 3 N–H and O–H groups in total. The molecule has 3 amide bonds. The molecule has 0 aliphatic carbocycles. The lowest BCUT2D eigenvalue weighted by atomic mass is 10.2. The summed E-state index contributed by atoms with van der Waals surface area (Å²) in [6.45, 7) is 1.40. The summed E-state index contributed by atoms with van der Waals surface area (Å²) < 4.78 is 25.9. The molecule has 0 atom stereocenters. The lowest BCUT2D eigenvalue weighted by Crippen LogP contribution is -2.26. The summed E-state index contributed by atoms with van der Waals surface area (Å²) in [6, 6.07) is 10.3. The third-order valence-corrected chi connectivity index (χ3v) is 4.46. The second-order valence-electron chi connectivity index (χ2n) is 5.54. The Hall–Kier alpha value is -2.43. The van der Waals surface area contributed by atoms with Gasteiger partial charge in [0.05, 0.1) is 22.7 Å². The van der Waals surface area contributed by atoms with E-state index in [0.29, 0.717) is 17.1 Å². The minimum absolute atomic E-state index is 0.128. The van der Waals surface area contributed by atoms with Gasteiger partial charge in [-0.2, -0.15) is 0 Å². The number of halogens is 1. The molecule has 0 spiro atoms. The summed E-state index contributed by atoms with van der Waals surface area (Å²) in [4.78, 5) is 23.3. The smallest absolute Gasteiger partial charge is 0.326 e. The van der Waals surface area contributed by atoms with E-state index in [1.807, 2.05) is 0 Å². The minimum Gasteiger partial charge on any atom is -0.326 e. The van der Waals surface area contributed by atoms with Crippen molar-refractivity contribution in [3.63, 3.8) is 0 Å². The average molecular weight is 429 g/mol. The van der Waals surface area contributed by atoms with Crippen LogP contribution in [0.2, 0.25) is 5.02 Å². The van der Waals surface area contributed by atoms with E-state index in [9.17, 15) is 18.0 Å². The minimum atomic E-state index is -3.46. The zero-order chi connectivity index (χ0) is 20.2. The quantitative estimate of drug-likeness (QED) is 0.546. The molecular formula is C16H17ClN4O4S2. The van der Waals surface area contributed by atoms with Crippen LogP contribution in [-0.2, 0) is 14.8 Å². The Balaban J connectivity index is 2.07. The number of nitrogens with zero attached hydrogens (tertiary/aromatic N) is 1. The predicted octanol–water partition coefficient (Wildman–Crippen LogP) is 3.55. The van der Waals surface area contributed by atoms with Crippen LogP contribution in [0.25, 0.3) is 0 Å². The number of amides is 3.